The molecule has 0 aromatic carbocycles. The Balaban J connectivity index is 1.62. The van der Waals surface area contributed by atoms with Crippen LogP contribution in [-0.4, -0.2) is 20.9 Å². The first-order valence-electron chi connectivity index (χ1n) is 6.90. The molecule has 0 aliphatic carbocycles. The van der Waals surface area contributed by atoms with Crippen molar-refractivity contribution < 1.29 is 0 Å². The zero-order valence-electron chi connectivity index (χ0n) is 11.6. The summed E-state index contributed by atoms with van der Waals surface area (Å²) in [7, 11) is 0. The van der Waals surface area contributed by atoms with Crippen molar-refractivity contribution >= 4 is 5.65 Å². The normalized spacial score (nSPS) is 10.9. The Kier molecular flexibility index (Phi) is 4.02. The van der Waals surface area contributed by atoms with Crippen LogP contribution in [0.5, 0.6) is 0 Å². The molecule has 0 saturated carbocycles. The summed E-state index contributed by atoms with van der Waals surface area (Å²) in [4.78, 5) is 20.5. The predicted octanol–water partition coefficient (Wildman–Crippen LogP) is 1.42. The molecule has 0 saturated heterocycles. The van der Waals surface area contributed by atoms with Crippen molar-refractivity contribution in [1.82, 2.24) is 19.7 Å². The summed E-state index contributed by atoms with van der Waals surface area (Å²) in [6, 6.07) is 11.1. The van der Waals surface area contributed by atoms with Gasteiger partial charge in [0, 0.05) is 31.2 Å². The summed E-state index contributed by atoms with van der Waals surface area (Å²) in [6.07, 6.45) is 6.26. The highest BCUT2D eigenvalue weighted by atomic mass is 16.1. The van der Waals surface area contributed by atoms with E-state index in [-0.39, 0.29) is 5.56 Å². The number of hydrogen-bond donors (Lipinski definition) is 1. The van der Waals surface area contributed by atoms with E-state index in [4.69, 9.17) is 0 Å². The Bertz CT molecular complexity index is 783. The molecule has 0 atom stereocenters. The number of nitrogens with one attached hydrogen (secondary N) is 1. The number of hydrogen-bond acceptors (Lipinski definition) is 4. The third kappa shape index (κ3) is 3.32. The lowest BCUT2D eigenvalue weighted by Crippen LogP contribution is -2.21. The van der Waals surface area contributed by atoms with Gasteiger partial charge in [-0.2, -0.15) is 0 Å². The topological polar surface area (TPSA) is 59.3 Å². The van der Waals surface area contributed by atoms with Crippen LogP contribution in [0.15, 0.2) is 59.8 Å². The van der Waals surface area contributed by atoms with Gasteiger partial charge in [-0.3, -0.25) is 14.2 Å². The minimum absolute atomic E-state index is 0.0512. The zero-order chi connectivity index (χ0) is 14.5. The first-order valence-corrected chi connectivity index (χ1v) is 6.90. The lowest BCUT2D eigenvalue weighted by Gasteiger charge is -2.06. The highest BCUT2D eigenvalue weighted by Crippen LogP contribution is 1.99. The molecule has 3 aromatic heterocycles. The number of nitrogens with zero attached hydrogens (tertiary/aromatic N) is 3. The van der Waals surface area contributed by atoms with Crippen molar-refractivity contribution in [2.24, 2.45) is 0 Å². The molecule has 0 fully saturated rings. The van der Waals surface area contributed by atoms with Crippen LogP contribution in [-0.2, 0) is 13.0 Å². The maximum atomic E-state index is 11.9. The van der Waals surface area contributed by atoms with Crippen molar-refractivity contribution in [3.63, 3.8) is 0 Å². The number of aromatic nitrogens is 3. The van der Waals surface area contributed by atoms with Crippen LogP contribution in [0.3, 0.4) is 0 Å². The fourth-order valence-electron chi connectivity index (χ4n) is 2.19. The molecule has 0 aliphatic rings. The maximum Gasteiger partial charge on any atom is 0.258 e. The summed E-state index contributed by atoms with van der Waals surface area (Å²) in [6.45, 7) is 1.41. The van der Waals surface area contributed by atoms with E-state index in [0.29, 0.717) is 12.2 Å². The SMILES string of the molecule is O=c1cc(CNCCc2cccnc2)nc2ccccn12. The molecule has 5 heteroatoms. The fraction of sp³-hybridized carbons (Fsp3) is 0.188. The van der Waals surface area contributed by atoms with E-state index >= 15 is 0 Å². The van der Waals surface area contributed by atoms with Crippen LogP contribution in [0.25, 0.3) is 5.65 Å². The van der Waals surface area contributed by atoms with Crippen LogP contribution in [0.4, 0.5) is 0 Å². The zero-order valence-corrected chi connectivity index (χ0v) is 11.6. The Morgan fingerprint density at radius 3 is 3.00 bits per heavy atom. The molecule has 0 unspecified atom stereocenters. The molecule has 3 heterocycles. The molecule has 0 aliphatic heterocycles. The summed E-state index contributed by atoms with van der Waals surface area (Å²) in [5.41, 5.74) is 2.58. The molecular formula is C16H16N4O. The van der Waals surface area contributed by atoms with Gasteiger partial charge in [-0.1, -0.05) is 12.1 Å². The van der Waals surface area contributed by atoms with E-state index in [1.165, 1.54) is 5.56 Å². The Hall–Kier alpha value is -2.53. The van der Waals surface area contributed by atoms with Gasteiger partial charge in [0.25, 0.3) is 5.56 Å². The van der Waals surface area contributed by atoms with Crippen LogP contribution in [0.2, 0.25) is 0 Å². The molecular weight excluding hydrogens is 264 g/mol. The smallest absolute Gasteiger partial charge is 0.258 e. The lowest BCUT2D eigenvalue weighted by atomic mass is 10.2. The van der Waals surface area contributed by atoms with Crippen LogP contribution in [0.1, 0.15) is 11.3 Å². The van der Waals surface area contributed by atoms with Gasteiger partial charge in [-0.25, -0.2) is 4.98 Å². The molecule has 3 aromatic rings. The second kappa shape index (κ2) is 6.28. The Morgan fingerprint density at radius 1 is 1.19 bits per heavy atom. The first kappa shape index (κ1) is 13.5. The van der Waals surface area contributed by atoms with Crippen LogP contribution < -0.4 is 10.9 Å². The molecule has 1 N–H and O–H groups in total. The average molecular weight is 280 g/mol. The van der Waals surface area contributed by atoms with Crippen LogP contribution in [0, 0.1) is 0 Å². The molecule has 106 valence electrons. The van der Waals surface area contributed by atoms with Crippen molar-refractivity contribution in [1.29, 1.82) is 0 Å². The number of fused-ring (bicyclic) bond motifs is 1. The minimum Gasteiger partial charge on any atom is -0.311 e. The molecule has 21 heavy (non-hydrogen) atoms. The molecule has 0 amide bonds. The van der Waals surface area contributed by atoms with E-state index in [1.54, 1.807) is 22.9 Å². The van der Waals surface area contributed by atoms with E-state index in [1.807, 2.05) is 30.5 Å². The third-order valence-electron chi connectivity index (χ3n) is 3.24. The summed E-state index contributed by atoms with van der Waals surface area (Å²) < 4.78 is 1.54. The summed E-state index contributed by atoms with van der Waals surface area (Å²) in [5, 5.41) is 3.30. The van der Waals surface area contributed by atoms with Gasteiger partial charge in [-0.05, 0) is 36.7 Å². The first-order chi connectivity index (χ1) is 10.3. The largest absolute Gasteiger partial charge is 0.311 e. The maximum absolute atomic E-state index is 11.9. The Labute approximate surface area is 122 Å². The van der Waals surface area contributed by atoms with Gasteiger partial charge in [-0.15, -0.1) is 0 Å². The highest BCUT2D eigenvalue weighted by molar-refractivity contribution is 5.37. The monoisotopic (exact) mass is 280 g/mol. The van der Waals surface area contributed by atoms with Gasteiger partial charge in [0.1, 0.15) is 5.65 Å². The standard InChI is InChI=1S/C16H16N4O/c21-16-10-14(19-15-5-1-2-9-20(15)16)12-18-8-6-13-4-3-7-17-11-13/h1-5,7,9-11,18H,6,8,12H2. The molecule has 0 radical (unpaired) electrons. The minimum atomic E-state index is -0.0512. The molecule has 0 bridgehead atoms. The van der Waals surface area contributed by atoms with Gasteiger partial charge in [0.15, 0.2) is 0 Å². The van der Waals surface area contributed by atoms with Crippen molar-refractivity contribution in [2.75, 3.05) is 6.54 Å². The molecule has 3 rings (SSSR count). The fourth-order valence-corrected chi connectivity index (χ4v) is 2.19. The van der Waals surface area contributed by atoms with Crippen molar-refractivity contribution in [2.45, 2.75) is 13.0 Å². The number of pyridine rings is 2. The van der Waals surface area contributed by atoms with Gasteiger partial charge in [0.05, 0.1) is 5.69 Å². The van der Waals surface area contributed by atoms with Crippen molar-refractivity contribution in [3.05, 3.63) is 76.6 Å². The second-order valence-electron chi connectivity index (χ2n) is 4.80. The van der Waals surface area contributed by atoms with E-state index < -0.39 is 0 Å². The van der Waals surface area contributed by atoms with E-state index in [0.717, 1.165) is 18.7 Å². The van der Waals surface area contributed by atoms with E-state index in [9.17, 15) is 4.79 Å². The molecule has 0 spiro atoms. The Morgan fingerprint density at radius 2 is 2.14 bits per heavy atom. The van der Waals surface area contributed by atoms with Gasteiger partial charge >= 0.3 is 0 Å². The second-order valence-corrected chi connectivity index (χ2v) is 4.80. The summed E-state index contributed by atoms with van der Waals surface area (Å²) in [5.74, 6) is 0. The van der Waals surface area contributed by atoms with Gasteiger partial charge < -0.3 is 5.32 Å². The van der Waals surface area contributed by atoms with E-state index in [2.05, 4.69) is 21.4 Å². The average Bonchev–Trinajstić information content (AvgIpc) is 2.53. The lowest BCUT2D eigenvalue weighted by molar-refractivity contribution is 0.672. The van der Waals surface area contributed by atoms with Gasteiger partial charge in [0.2, 0.25) is 0 Å². The third-order valence-corrected chi connectivity index (χ3v) is 3.24. The number of rotatable bonds is 5. The quantitative estimate of drug-likeness (QED) is 0.718. The summed E-state index contributed by atoms with van der Waals surface area (Å²) >= 11 is 0. The molecule has 5 nitrogen and oxygen atoms in total. The predicted molar refractivity (Wildman–Crippen MR) is 81.1 cm³/mol. The van der Waals surface area contributed by atoms with Crippen molar-refractivity contribution in [3.8, 4) is 0 Å². The van der Waals surface area contributed by atoms with Crippen LogP contribution >= 0.6 is 0 Å². The highest BCUT2D eigenvalue weighted by Gasteiger charge is 2.01.